The number of halogens is 1. The van der Waals surface area contributed by atoms with Gasteiger partial charge in [-0.15, -0.1) is 0 Å². The summed E-state index contributed by atoms with van der Waals surface area (Å²) in [5.74, 6) is 0. The minimum atomic E-state index is -0.220. The van der Waals surface area contributed by atoms with E-state index in [2.05, 4.69) is 48.7 Å². The van der Waals surface area contributed by atoms with Crippen molar-refractivity contribution in [3.8, 4) is 0 Å². The zero-order chi connectivity index (χ0) is 13.1. The lowest BCUT2D eigenvalue weighted by Gasteiger charge is -2.52. The maximum absolute atomic E-state index is 9.92. The van der Waals surface area contributed by atoms with E-state index in [0.29, 0.717) is 0 Å². The van der Waals surface area contributed by atoms with Gasteiger partial charge in [-0.05, 0) is 53.4 Å². The van der Waals surface area contributed by atoms with E-state index in [1.54, 1.807) is 0 Å². The largest absolute Gasteiger partial charge is 0.393 e. The molecule has 1 saturated heterocycles. The zero-order valence-corrected chi connectivity index (χ0v) is 13.1. The lowest BCUT2D eigenvalue weighted by Crippen LogP contribution is -2.61. The Kier molecular flexibility index (Phi) is 5.44. The second-order valence-electron chi connectivity index (χ2n) is 6.21. The van der Waals surface area contributed by atoms with Crippen molar-refractivity contribution in [2.75, 3.05) is 11.9 Å². The van der Waals surface area contributed by atoms with Crippen molar-refractivity contribution in [1.82, 2.24) is 5.06 Å². The van der Waals surface area contributed by atoms with E-state index in [-0.39, 0.29) is 17.2 Å². The maximum atomic E-state index is 9.92. The third-order valence-corrected chi connectivity index (χ3v) is 3.88. The van der Waals surface area contributed by atoms with Gasteiger partial charge in [-0.2, -0.15) is 5.06 Å². The van der Waals surface area contributed by atoms with Crippen LogP contribution in [0, 0.1) is 0 Å². The smallest absolute Gasteiger partial charge is 0.0685 e. The molecule has 1 aliphatic rings. The normalized spacial score (nSPS) is 25.1. The van der Waals surface area contributed by atoms with Gasteiger partial charge in [0.2, 0.25) is 0 Å². The highest BCUT2D eigenvalue weighted by Gasteiger charge is 2.45. The number of rotatable bonds is 5. The summed E-state index contributed by atoms with van der Waals surface area (Å²) in [4.78, 5) is 5.97. The van der Waals surface area contributed by atoms with E-state index in [9.17, 15) is 5.11 Å². The molecule has 1 aliphatic heterocycles. The Labute approximate surface area is 114 Å². The van der Waals surface area contributed by atoms with Gasteiger partial charge in [0.1, 0.15) is 0 Å². The van der Waals surface area contributed by atoms with Gasteiger partial charge in [-0.3, -0.25) is 4.84 Å². The highest BCUT2D eigenvalue weighted by molar-refractivity contribution is 9.09. The van der Waals surface area contributed by atoms with Crippen molar-refractivity contribution in [3.05, 3.63) is 0 Å². The van der Waals surface area contributed by atoms with Crippen LogP contribution in [-0.2, 0) is 4.84 Å². The molecule has 102 valence electrons. The van der Waals surface area contributed by atoms with Crippen molar-refractivity contribution in [1.29, 1.82) is 0 Å². The number of aliphatic hydroxyl groups excluding tert-OH is 1. The molecule has 0 unspecified atom stereocenters. The van der Waals surface area contributed by atoms with E-state index < -0.39 is 0 Å². The molecule has 0 aromatic carbocycles. The van der Waals surface area contributed by atoms with Gasteiger partial charge >= 0.3 is 0 Å². The number of piperidine rings is 1. The SMILES string of the molecule is CC1(C)CC(O)CC(C)(C)N1OCCCCBr. The van der Waals surface area contributed by atoms with Crippen LogP contribution in [-0.4, -0.2) is 39.3 Å². The van der Waals surface area contributed by atoms with E-state index in [1.807, 2.05) is 0 Å². The van der Waals surface area contributed by atoms with Crippen LogP contribution in [0.2, 0.25) is 0 Å². The fourth-order valence-corrected chi connectivity index (χ4v) is 3.31. The van der Waals surface area contributed by atoms with Gasteiger partial charge in [0.15, 0.2) is 0 Å². The lowest BCUT2D eigenvalue weighted by molar-refractivity contribution is -0.292. The van der Waals surface area contributed by atoms with Crippen molar-refractivity contribution in [3.63, 3.8) is 0 Å². The fraction of sp³-hybridized carbons (Fsp3) is 1.00. The summed E-state index contributed by atoms with van der Waals surface area (Å²) in [5, 5.41) is 13.0. The maximum Gasteiger partial charge on any atom is 0.0685 e. The number of aliphatic hydroxyl groups is 1. The average molecular weight is 308 g/mol. The van der Waals surface area contributed by atoms with Crippen molar-refractivity contribution >= 4 is 15.9 Å². The third-order valence-electron chi connectivity index (χ3n) is 3.32. The van der Waals surface area contributed by atoms with Crippen LogP contribution in [0.25, 0.3) is 0 Å². The second kappa shape index (κ2) is 6.00. The van der Waals surface area contributed by atoms with Crippen LogP contribution in [0.3, 0.4) is 0 Å². The number of hydroxylamine groups is 2. The van der Waals surface area contributed by atoms with Gasteiger partial charge in [-0.1, -0.05) is 15.9 Å². The van der Waals surface area contributed by atoms with Crippen molar-refractivity contribution in [2.24, 2.45) is 0 Å². The molecular weight excluding hydrogens is 282 g/mol. The number of hydrogen-bond acceptors (Lipinski definition) is 3. The molecule has 0 atom stereocenters. The Balaban J connectivity index is 2.59. The van der Waals surface area contributed by atoms with Gasteiger partial charge in [0.25, 0.3) is 0 Å². The second-order valence-corrected chi connectivity index (χ2v) is 7.00. The molecule has 0 saturated carbocycles. The van der Waals surface area contributed by atoms with E-state index in [1.165, 1.54) is 0 Å². The van der Waals surface area contributed by atoms with E-state index in [4.69, 9.17) is 4.84 Å². The minimum absolute atomic E-state index is 0.102. The molecule has 0 aliphatic carbocycles. The Hall–Kier alpha value is 0.360. The van der Waals surface area contributed by atoms with Gasteiger partial charge in [0, 0.05) is 16.4 Å². The van der Waals surface area contributed by atoms with Gasteiger partial charge in [-0.25, -0.2) is 0 Å². The topological polar surface area (TPSA) is 32.7 Å². The van der Waals surface area contributed by atoms with Gasteiger partial charge in [0.05, 0.1) is 12.7 Å². The number of alkyl halides is 1. The van der Waals surface area contributed by atoms with E-state index >= 15 is 0 Å². The molecule has 0 amide bonds. The van der Waals surface area contributed by atoms with Crippen LogP contribution in [0.4, 0.5) is 0 Å². The number of hydrogen-bond donors (Lipinski definition) is 1. The molecule has 0 bridgehead atoms. The Morgan fingerprint density at radius 3 is 2.18 bits per heavy atom. The summed E-state index contributed by atoms with van der Waals surface area (Å²) in [6, 6.07) is 0. The van der Waals surface area contributed by atoms with Crippen LogP contribution in [0.15, 0.2) is 0 Å². The molecule has 0 spiro atoms. The first-order valence-electron chi connectivity index (χ1n) is 6.47. The Morgan fingerprint density at radius 1 is 1.18 bits per heavy atom. The van der Waals surface area contributed by atoms with Crippen molar-refractivity contribution in [2.45, 2.75) is 70.6 Å². The van der Waals surface area contributed by atoms with Crippen molar-refractivity contribution < 1.29 is 9.94 Å². The molecule has 1 fully saturated rings. The first kappa shape index (κ1) is 15.4. The summed E-state index contributed by atoms with van der Waals surface area (Å²) >= 11 is 3.43. The van der Waals surface area contributed by atoms with E-state index in [0.717, 1.165) is 37.6 Å². The number of nitrogens with zero attached hydrogens (tertiary/aromatic N) is 1. The molecule has 1 N–H and O–H groups in total. The highest BCUT2D eigenvalue weighted by Crippen LogP contribution is 2.38. The summed E-state index contributed by atoms with van der Waals surface area (Å²) < 4.78 is 0. The first-order chi connectivity index (χ1) is 7.79. The highest BCUT2D eigenvalue weighted by atomic mass is 79.9. The quantitative estimate of drug-likeness (QED) is 0.626. The van der Waals surface area contributed by atoms with Gasteiger partial charge < -0.3 is 5.11 Å². The standard InChI is InChI=1S/C13H26BrNO2/c1-12(2)9-11(16)10-13(3,4)15(12)17-8-6-5-7-14/h11,16H,5-10H2,1-4H3. The number of unbranched alkanes of at least 4 members (excludes halogenated alkanes) is 1. The Morgan fingerprint density at radius 2 is 1.71 bits per heavy atom. The van der Waals surface area contributed by atoms with Crippen LogP contribution >= 0.6 is 15.9 Å². The molecule has 1 rings (SSSR count). The molecule has 4 heteroatoms. The molecule has 0 radical (unpaired) electrons. The molecule has 3 nitrogen and oxygen atoms in total. The summed E-state index contributed by atoms with van der Waals surface area (Å²) in [6.45, 7) is 9.32. The summed E-state index contributed by atoms with van der Waals surface area (Å²) in [6.07, 6.45) is 3.53. The summed E-state index contributed by atoms with van der Waals surface area (Å²) in [5.41, 5.74) is -0.203. The Bertz CT molecular complexity index is 226. The predicted molar refractivity (Wildman–Crippen MR) is 74.2 cm³/mol. The average Bonchev–Trinajstić information content (AvgIpc) is 2.12. The van der Waals surface area contributed by atoms with Crippen LogP contribution in [0.5, 0.6) is 0 Å². The molecule has 1 heterocycles. The zero-order valence-electron chi connectivity index (χ0n) is 11.5. The molecule has 0 aromatic rings. The first-order valence-corrected chi connectivity index (χ1v) is 7.59. The molecule has 17 heavy (non-hydrogen) atoms. The molecule has 0 aromatic heterocycles. The fourth-order valence-electron chi connectivity index (χ4n) is 2.91. The minimum Gasteiger partial charge on any atom is -0.393 e. The molecular formula is C13H26BrNO2. The monoisotopic (exact) mass is 307 g/mol. The lowest BCUT2D eigenvalue weighted by atomic mass is 9.80. The third kappa shape index (κ3) is 4.19. The van der Waals surface area contributed by atoms with Crippen LogP contribution < -0.4 is 0 Å². The van der Waals surface area contributed by atoms with Crippen LogP contribution in [0.1, 0.15) is 53.4 Å². The summed E-state index contributed by atoms with van der Waals surface area (Å²) in [7, 11) is 0. The predicted octanol–water partition coefficient (Wildman–Crippen LogP) is 3.11.